The smallest absolute Gasteiger partial charge is 0.243 e. The number of hydrogen-bond acceptors (Lipinski definition) is 4. The molecule has 0 bridgehead atoms. The van der Waals surface area contributed by atoms with E-state index in [0.29, 0.717) is 32.4 Å². The van der Waals surface area contributed by atoms with Crippen molar-refractivity contribution in [2.45, 2.75) is 29.8 Å². The molecule has 0 N–H and O–H groups in total. The summed E-state index contributed by atoms with van der Waals surface area (Å²) in [6.45, 7) is 0.744. The molecule has 1 fully saturated rings. The SMILES string of the molecule is O=S(=O)(c1ccc(F)cc1)N1CCC2(C[C]=NO2)CC1. The van der Waals surface area contributed by atoms with Crippen LogP contribution in [0.1, 0.15) is 19.3 Å². The van der Waals surface area contributed by atoms with Gasteiger partial charge in [-0.3, -0.25) is 0 Å². The van der Waals surface area contributed by atoms with Gasteiger partial charge in [0.1, 0.15) is 17.6 Å². The molecule has 107 valence electrons. The van der Waals surface area contributed by atoms with Crippen LogP contribution < -0.4 is 0 Å². The average molecular weight is 297 g/mol. The molecule has 1 aromatic carbocycles. The molecular weight excluding hydrogens is 283 g/mol. The third-order valence-corrected chi connectivity index (χ3v) is 5.70. The van der Waals surface area contributed by atoms with Crippen LogP contribution in [0.3, 0.4) is 0 Å². The predicted octanol–water partition coefficient (Wildman–Crippen LogP) is 1.63. The van der Waals surface area contributed by atoms with Crippen molar-refractivity contribution >= 4 is 16.2 Å². The molecule has 1 aromatic rings. The summed E-state index contributed by atoms with van der Waals surface area (Å²) >= 11 is 0. The Balaban J connectivity index is 1.75. The second-order valence-electron chi connectivity index (χ2n) is 5.06. The number of hydrogen-bond donors (Lipinski definition) is 0. The fourth-order valence-corrected chi connectivity index (χ4v) is 3.94. The Hall–Kier alpha value is -1.47. The number of benzene rings is 1. The van der Waals surface area contributed by atoms with Gasteiger partial charge in [-0.05, 0) is 24.3 Å². The first-order chi connectivity index (χ1) is 9.52. The minimum absolute atomic E-state index is 0.116. The molecule has 1 radical (unpaired) electrons. The van der Waals surface area contributed by atoms with E-state index >= 15 is 0 Å². The highest BCUT2D eigenvalue weighted by molar-refractivity contribution is 7.89. The van der Waals surface area contributed by atoms with Crippen LogP contribution in [0.15, 0.2) is 34.3 Å². The minimum Gasteiger partial charge on any atom is -0.388 e. The molecule has 1 spiro atoms. The third-order valence-electron chi connectivity index (χ3n) is 3.79. The zero-order valence-electron chi connectivity index (χ0n) is 10.8. The molecule has 0 saturated carbocycles. The predicted molar refractivity (Wildman–Crippen MR) is 70.3 cm³/mol. The number of halogens is 1. The van der Waals surface area contributed by atoms with Gasteiger partial charge in [-0.2, -0.15) is 4.31 Å². The van der Waals surface area contributed by atoms with Gasteiger partial charge >= 0.3 is 0 Å². The van der Waals surface area contributed by atoms with Crippen LogP contribution in [-0.2, 0) is 14.9 Å². The molecule has 0 unspecified atom stereocenters. The van der Waals surface area contributed by atoms with Crippen LogP contribution >= 0.6 is 0 Å². The maximum atomic E-state index is 12.9. The fourth-order valence-electron chi connectivity index (χ4n) is 2.50. The molecule has 5 nitrogen and oxygen atoms in total. The van der Waals surface area contributed by atoms with Crippen LogP contribution in [0, 0.1) is 5.82 Å². The molecule has 2 aliphatic heterocycles. The number of sulfonamides is 1. The second-order valence-corrected chi connectivity index (χ2v) is 7.00. The lowest BCUT2D eigenvalue weighted by Crippen LogP contribution is -2.46. The quantitative estimate of drug-likeness (QED) is 0.833. The molecule has 2 aliphatic rings. The maximum Gasteiger partial charge on any atom is 0.243 e. The summed E-state index contributed by atoms with van der Waals surface area (Å²) in [6, 6.07) is 4.89. The molecule has 7 heteroatoms. The van der Waals surface area contributed by atoms with Gasteiger partial charge in [-0.1, -0.05) is 5.16 Å². The van der Waals surface area contributed by atoms with E-state index < -0.39 is 15.8 Å². The summed E-state index contributed by atoms with van der Waals surface area (Å²) in [4.78, 5) is 5.42. The van der Waals surface area contributed by atoms with E-state index in [4.69, 9.17) is 4.84 Å². The van der Waals surface area contributed by atoms with Crippen LogP contribution in [0.2, 0.25) is 0 Å². The highest BCUT2D eigenvalue weighted by Crippen LogP contribution is 2.34. The second kappa shape index (κ2) is 4.82. The summed E-state index contributed by atoms with van der Waals surface area (Å²) in [7, 11) is -3.56. The fraction of sp³-hybridized carbons (Fsp3) is 0.462. The molecule has 0 aliphatic carbocycles. The lowest BCUT2D eigenvalue weighted by molar-refractivity contribution is -0.0506. The van der Waals surface area contributed by atoms with Crippen molar-refractivity contribution in [3.8, 4) is 0 Å². The van der Waals surface area contributed by atoms with Gasteiger partial charge in [0.05, 0.1) is 4.90 Å². The summed E-state index contributed by atoms with van der Waals surface area (Å²) < 4.78 is 39.1. The summed E-state index contributed by atoms with van der Waals surface area (Å²) in [5.74, 6) is -0.450. The maximum absolute atomic E-state index is 12.9. The summed E-state index contributed by atoms with van der Waals surface area (Å²) in [6.07, 6.45) is 4.55. The van der Waals surface area contributed by atoms with Gasteiger partial charge in [0.2, 0.25) is 10.0 Å². The molecule has 3 rings (SSSR count). The van der Waals surface area contributed by atoms with Crippen molar-refractivity contribution in [1.29, 1.82) is 0 Å². The van der Waals surface area contributed by atoms with E-state index in [1.54, 1.807) is 0 Å². The molecular formula is C13H14FN2O3S. The summed E-state index contributed by atoms with van der Waals surface area (Å²) in [5.41, 5.74) is -0.380. The lowest BCUT2D eigenvalue weighted by Gasteiger charge is -2.36. The van der Waals surface area contributed by atoms with E-state index in [2.05, 4.69) is 11.4 Å². The minimum atomic E-state index is -3.56. The van der Waals surface area contributed by atoms with Gasteiger partial charge in [-0.15, -0.1) is 0 Å². The van der Waals surface area contributed by atoms with Gasteiger partial charge in [-0.25, -0.2) is 12.8 Å². The van der Waals surface area contributed by atoms with Crippen molar-refractivity contribution in [1.82, 2.24) is 4.31 Å². The van der Waals surface area contributed by atoms with Crippen molar-refractivity contribution in [3.05, 3.63) is 30.1 Å². The van der Waals surface area contributed by atoms with Crippen molar-refractivity contribution in [2.75, 3.05) is 13.1 Å². The van der Waals surface area contributed by atoms with Crippen molar-refractivity contribution < 1.29 is 17.6 Å². The Morgan fingerprint density at radius 3 is 2.45 bits per heavy atom. The Morgan fingerprint density at radius 1 is 1.25 bits per heavy atom. The molecule has 0 atom stereocenters. The largest absolute Gasteiger partial charge is 0.388 e. The van der Waals surface area contributed by atoms with E-state index in [1.165, 1.54) is 16.4 Å². The average Bonchev–Trinajstić information content (AvgIpc) is 2.88. The Kier molecular flexibility index (Phi) is 3.25. The van der Waals surface area contributed by atoms with Crippen molar-refractivity contribution in [2.24, 2.45) is 5.16 Å². The molecule has 0 aromatic heterocycles. The third kappa shape index (κ3) is 2.31. The van der Waals surface area contributed by atoms with Gasteiger partial charge < -0.3 is 4.84 Å². The summed E-state index contributed by atoms with van der Waals surface area (Å²) in [5, 5.41) is 3.66. The first kappa shape index (κ1) is 13.5. The molecule has 2 heterocycles. The van der Waals surface area contributed by atoms with Gasteiger partial charge in [0.25, 0.3) is 0 Å². The van der Waals surface area contributed by atoms with E-state index in [9.17, 15) is 12.8 Å². The van der Waals surface area contributed by atoms with Crippen LogP contribution in [0.25, 0.3) is 0 Å². The monoisotopic (exact) mass is 297 g/mol. The van der Waals surface area contributed by atoms with E-state index in [0.717, 1.165) is 12.1 Å². The van der Waals surface area contributed by atoms with Crippen molar-refractivity contribution in [3.63, 3.8) is 0 Å². The first-order valence-corrected chi connectivity index (χ1v) is 7.83. The Bertz CT molecular complexity index is 610. The van der Waals surface area contributed by atoms with Gasteiger partial charge in [0.15, 0.2) is 0 Å². The van der Waals surface area contributed by atoms with Crippen LogP contribution in [0.4, 0.5) is 4.39 Å². The normalized spacial score (nSPS) is 22.1. The zero-order valence-corrected chi connectivity index (χ0v) is 11.6. The van der Waals surface area contributed by atoms with E-state index in [-0.39, 0.29) is 10.5 Å². The highest BCUT2D eigenvalue weighted by Gasteiger charge is 2.42. The highest BCUT2D eigenvalue weighted by atomic mass is 32.2. The topological polar surface area (TPSA) is 59.0 Å². The van der Waals surface area contributed by atoms with E-state index in [1.807, 2.05) is 0 Å². The first-order valence-electron chi connectivity index (χ1n) is 6.39. The van der Waals surface area contributed by atoms with Crippen LogP contribution in [0.5, 0.6) is 0 Å². The molecule has 20 heavy (non-hydrogen) atoms. The number of rotatable bonds is 2. The van der Waals surface area contributed by atoms with Gasteiger partial charge in [0, 0.05) is 32.4 Å². The molecule has 0 amide bonds. The number of nitrogens with zero attached hydrogens (tertiary/aromatic N) is 2. The number of piperidine rings is 1. The standard InChI is InChI=1S/C13H14FN2O3S/c14-11-1-3-12(4-2-11)20(17,18)16-9-6-13(7-10-16)5-8-15-19-13/h1-4H,5-7,9-10H2. The lowest BCUT2D eigenvalue weighted by atomic mass is 9.90. The zero-order chi connectivity index (χ0) is 14.2. The molecule has 1 saturated heterocycles. The van der Waals surface area contributed by atoms with Crippen LogP contribution in [-0.4, -0.2) is 37.6 Å². The Morgan fingerprint density at radius 2 is 1.90 bits per heavy atom. The Labute approximate surface area is 117 Å².